The van der Waals surface area contributed by atoms with Crippen LogP contribution in [0.15, 0.2) is 48.6 Å². The average molecular weight is 438 g/mol. The molecule has 11 heteroatoms. The number of aliphatic carboxylic acids is 1. The normalized spacial score (nSPS) is 17.8. The second-order valence-corrected chi connectivity index (χ2v) is 7.04. The van der Waals surface area contributed by atoms with Gasteiger partial charge in [-0.05, 0) is 25.3 Å². The van der Waals surface area contributed by atoms with Gasteiger partial charge in [0.05, 0.1) is 24.6 Å². The highest BCUT2D eigenvalue weighted by Gasteiger charge is 2.38. The number of nitrogens with zero attached hydrogens (tertiary/aromatic N) is 4. The molecule has 0 radical (unpaired) electrons. The van der Waals surface area contributed by atoms with Gasteiger partial charge in [-0.25, -0.2) is 14.8 Å². The Balaban J connectivity index is 0.000000339. The Morgan fingerprint density at radius 1 is 1.29 bits per heavy atom. The zero-order chi connectivity index (χ0) is 22.4. The third-order valence-corrected chi connectivity index (χ3v) is 4.83. The number of amides is 1. The molecule has 0 saturated carbocycles. The van der Waals surface area contributed by atoms with Gasteiger partial charge in [-0.15, -0.1) is 0 Å². The lowest BCUT2D eigenvalue weighted by Crippen LogP contribution is -2.43. The van der Waals surface area contributed by atoms with Gasteiger partial charge < -0.3 is 19.3 Å². The zero-order valence-corrected chi connectivity index (χ0v) is 16.5. The fourth-order valence-corrected chi connectivity index (χ4v) is 3.36. The number of fused-ring (bicyclic) bond motifs is 1. The Morgan fingerprint density at radius 3 is 2.68 bits per heavy atom. The minimum atomic E-state index is -5.08. The van der Waals surface area contributed by atoms with Crippen LogP contribution in [0.1, 0.15) is 31.0 Å². The van der Waals surface area contributed by atoms with Crippen molar-refractivity contribution in [3.05, 3.63) is 54.3 Å². The van der Waals surface area contributed by atoms with E-state index in [4.69, 9.17) is 14.6 Å². The zero-order valence-electron chi connectivity index (χ0n) is 16.5. The number of alkyl halides is 3. The molecule has 0 aromatic carbocycles. The summed E-state index contributed by atoms with van der Waals surface area (Å²) in [5.41, 5.74) is 2.00. The summed E-state index contributed by atoms with van der Waals surface area (Å²) in [7, 11) is 0. The maximum absolute atomic E-state index is 12.7. The first-order valence-electron chi connectivity index (χ1n) is 9.58. The number of rotatable bonds is 4. The molecule has 1 aliphatic carbocycles. The van der Waals surface area contributed by atoms with Crippen LogP contribution in [0.3, 0.4) is 0 Å². The molecule has 31 heavy (non-hydrogen) atoms. The number of hydrogen-bond acceptors (Lipinski definition) is 5. The monoisotopic (exact) mass is 438 g/mol. The second kappa shape index (κ2) is 9.63. The van der Waals surface area contributed by atoms with Crippen LogP contribution >= 0.6 is 0 Å². The van der Waals surface area contributed by atoms with E-state index in [1.165, 1.54) is 0 Å². The molecule has 4 rings (SSSR count). The lowest BCUT2D eigenvalue weighted by atomic mass is 10.1. The van der Waals surface area contributed by atoms with Crippen molar-refractivity contribution in [3.63, 3.8) is 0 Å². The Hall–Kier alpha value is -3.37. The fourth-order valence-electron chi connectivity index (χ4n) is 3.36. The molecule has 2 aliphatic rings. The van der Waals surface area contributed by atoms with Crippen LogP contribution in [-0.4, -0.2) is 55.7 Å². The van der Waals surface area contributed by atoms with E-state index >= 15 is 0 Å². The third-order valence-electron chi connectivity index (χ3n) is 4.83. The lowest BCUT2D eigenvalue weighted by molar-refractivity contribution is -0.192. The second-order valence-electron chi connectivity index (χ2n) is 7.04. The summed E-state index contributed by atoms with van der Waals surface area (Å²) in [4.78, 5) is 32.0. The van der Waals surface area contributed by atoms with E-state index < -0.39 is 12.1 Å². The molecule has 0 spiro atoms. The molecule has 166 valence electrons. The predicted molar refractivity (Wildman–Crippen MR) is 102 cm³/mol. The van der Waals surface area contributed by atoms with Gasteiger partial charge in [0.25, 0.3) is 0 Å². The first kappa shape index (κ1) is 22.3. The van der Waals surface area contributed by atoms with Crippen molar-refractivity contribution in [2.24, 2.45) is 0 Å². The van der Waals surface area contributed by atoms with Gasteiger partial charge in [0, 0.05) is 30.6 Å². The summed E-state index contributed by atoms with van der Waals surface area (Å²) in [6.45, 7) is 1.70. The number of carbonyl (C=O) groups is 2. The van der Waals surface area contributed by atoms with Crippen LogP contribution < -0.4 is 4.74 Å². The largest absolute Gasteiger partial charge is 0.490 e. The number of allylic oxidation sites excluding steroid dienone is 1. The number of carboxylic acids is 1. The van der Waals surface area contributed by atoms with Crippen molar-refractivity contribution in [2.75, 3.05) is 13.2 Å². The molecular formula is C20H21F3N4O4. The molecule has 0 saturated heterocycles. The van der Waals surface area contributed by atoms with Crippen LogP contribution in [0.2, 0.25) is 0 Å². The predicted octanol–water partition coefficient (Wildman–Crippen LogP) is 2.98. The maximum Gasteiger partial charge on any atom is 0.490 e. The highest BCUT2D eigenvalue weighted by molar-refractivity contribution is 5.93. The van der Waals surface area contributed by atoms with Crippen LogP contribution in [0, 0.1) is 0 Å². The quantitative estimate of drug-likeness (QED) is 0.788. The van der Waals surface area contributed by atoms with Gasteiger partial charge in [0.15, 0.2) is 0 Å². The number of halogens is 3. The molecule has 1 aliphatic heterocycles. The molecule has 1 N–H and O–H groups in total. The summed E-state index contributed by atoms with van der Waals surface area (Å²) in [5, 5.41) is 7.12. The number of ether oxygens (including phenoxy) is 1. The van der Waals surface area contributed by atoms with Gasteiger partial charge >= 0.3 is 12.1 Å². The van der Waals surface area contributed by atoms with E-state index in [1.807, 2.05) is 35.6 Å². The minimum Gasteiger partial charge on any atom is -0.475 e. The van der Waals surface area contributed by atoms with E-state index in [1.54, 1.807) is 6.20 Å². The molecule has 0 fully saturated rings. The number of pyridine rings is 1. The van der Waals surface area contributed by atoms with E-state index in [9.17, 15) is 18.0 Å². The van der Waals surface area contributed by atoms with Crippen LogP contribution in [0.4, 0.5) is 13.2 Å². The maximum atomic E-state index is 12.7. The van der Waals surface area contributed by atoms with E-state index in [0.29, 0.717) is 25.6 Å². The summed E-state index contributed by atoms with van der Waals surface area (Å²) < 4.78 is 39.7. The molecule has 3 heterocycles. The van der Waals surface area contributed by atoms with Crippen molar-refractivity contribution in [2.45, 2.75) is 38.0 Å². The summed E-state index contributed by atoms with van der Waals surface area (Å²) in [6, 6.07) is 5.64. The smallest absolute Gasteiger partial charge is 0.475 e. The van der Waals surface area contributed by atoms with Crippen LogP contribution in [0.5, 0.6) is 5.88 Å². The van der Waals surface area contributed by atoms with Gasteiger partial charge in [-0.2, -0.15) is 13.2 Å². The molecule has 2 aromatic rings. The first-order chi connectivity index (χ1) is 14.8. The summed E-state index contributed by atoms with van der Waals surface area (Å²) in [6.07, 6.45) is 5.34. The standard InChI is InChI=1S/C18H20N4O2.C2HF3O2/c23-18(14-5-1-2-6-14)21-10-15-9-19-13-22(15)16(11-21)12-24-17-7-3-4-8-20-17;3-2(4,5)1(6)7/h3-5,7-9,13,16H,1-2,6,10-12H2;(H,6,7). The Morgan fingerprint density at radius 2 is 2.06 bits per heavy atom. The van der Waals surface area contributed by atoms with E-state index in [2.05, 4.69) is 20.6 Å². The average Bonchev–Trinajstić information content (AvgIpc) is 3.44. The topological polar surface area (TPSA) is 97.5 Å². The number of imidazole rings is 1. The van der Waals surface area contributed by atoms with Crippen LogP contribution in [-0.2, 0) is 16.1 Å². The molecule has 0 bridgehead atoms. The third kappa shape index (κ3) is 5.83. The minimum absolute atomic E-state index is 0.0456. The molecule has 1 unspecified atom stereocenters. The molecular weight excluding hydrogens is 417 g/mol. The summed E-state index contributed by atoms with van der Waals surface area (Å²) >= 11 is 0. The Labute approximate surface area is 176 Å². The number of carbonyl (C=O) groups excluding carboxylic acids is 1. The van der Waals surface area contributed by atoms with E-state index in [0.717, 1.165) is 30.5 Å². The number of carboxylic acid groups (broad SMARTS) is 1. The van der Waals surface area contributed by atoms with Gasteiger partial charge in [0.2, 0.25) is 11.8 Å². The molecule has 8 nitrogen and oxygen atoms in total. The van der Waals surface area contributed by atoms with Gasteiger partial charge in [-0.3, -0.25) is 4.79 Å². The Bertz CT molecular complexity index is 943. The lowest BCUT2D eigenvalue weighted by Gasteiger charge is -2.34. The Kier molecular flexibility index (Phi) is 6.93. The van der Waals surface area contributed by atoms with Crippen molar-refractivity contribution in [1.29, 1.82) is 0 Å². The van der Waals surface area contributed by atoms with Gasteiger partial charge in [-0.1, -0.05) is 12.1 Å². The number of aromatic nitrogens is 3. The summed E-state index contributed by atoms with van der Waals surface area (Å²) in [5.74, 6) is -2.00. The van der Waals surface area contributed by atoms with Crippen molar-refractivity contribution in [1.82, 2.24) is 19.4 Å². The molecule has 1 amide bonds. The van der Waals surface area contributed by atoms with Crippen molar-refractivity contribution >= 4 is 11.9 Å². The molecule has 2 aromatic heterocycles. The van der Waals surface area contributed by atoms with Crippen molar-refractivity contribution in [3.8, 4) is 5.88 Å². The highest BCUT2D eigenvalue weighted by Crippen LogP contribution is 2.26. The van der Waals surface area contributed by atoms with Crippen molar-refractivity contribution < 1.29 is 32.6 Å². The molecule has 1 atom stereocenters. The SMILES string of the molecule is O=C(C1=CCCC1)N1Cc2cncn2C(COc2ccccn2)C1.O=C(O)C(F)(F)F. The number of hydrogen-bond donors (Lipinski definition) is 1. The van der Waals surface area contributed by atoms with E-state index in [-0.39, 0.29) is 11.9 Å². The van der Waals surface area contributed by atoms with Gasteiger partial charge in [0.1, 0.15) is 6.61 Å². The first-order valence-corrected chi connectivity index (χ1v) is 9.58. The highest BCUT2D eigenvalue weighted by atomic mass is 19.4. The fraction of sp³-hybridized carbons (Fsp3) is 0.400. The van der Waals surface area contributed by atoms with Crippen LogP contribution in [0.25, 0.3) is 0 Å².